The number of nitrogens with zero attached hydrogens (tertiary/aromatic N) is 3. The maximum absolute atomic E-state index is 11.8. The summed E-state index contributed by atoms with van der Waals surface area (Å²) < 4.78 is 23.6. The van der Waals surface area contributed by atoms with Crippen molar-refractivity contribution in [2.45, 2.75) is 11.3 Å². The summed E-state index contributed by atoms with van der Waals surface area (Å²) in [5, 5.41) is 27.8. The lowest BCUT2D eigenvalue weighted by atomic mass is 10.3. The van der Waals surface area contributed by atoms with Crippen LogP contribution in [0.2, 0.25) is 0 Å². The molecular formula is C12H12N6O2S. The fraction of sp³-hybridized carbons (Fsp3) is 0.167. The summed E-state index contributed by atoms with van der Waals surface area (Å²) in [7, 11) is -3.48. The van der Waals surface area contributed by atoms with Crippen LogP contribution in [0.5, 0.6) is 0 Å². The molecule has 0 atom stereocenters. The summed E-state index contributed by atoms with van der Waals surface area (Å²) >= 11 is 0. The quantitative estimate of drug-likeness (QED) is 0.397. The van der Waals surface area contributed by atoms with Gasteiger partial charge in [-0.1, -0.05) is 0 Å². The van der Waals surface area contributed by atoms with E-state index in [1.54, 1.807) is 12.1 Å². The number of nitrogens with two attached hydrogens (primary N) is 1. The lowest BCUT2D eigenvalue weighted by Gasteiger charge is -2.04. The van der Waals surface area contributed by atoms with Crippen LogP contribution >= 0.6 is 0 Å². The Morgan fingerprint density at radius 3 is 2.43 bits per heavy atom. The van der Waals surface area contributed by atoms with Crippen LogP contribution in [0.4, 0.5) is 5.69 Å². The third-order valence-electron chi connectivity index (χ3n) is 2.35. The molecule has 0 saturated heterocycles. The third kappa shape index (κ3) is 4.60. The van der Waals surface area contributed by atoms with Crippen LogP contribution in [0.25, 0.3) is 0 Å². The number of hydrogen-bond donors (Lipinski definition) is 3. The number of benzene rings is 1. The van der Waals surface area contributed by atoms with Gasteiger partial charge in [-0.3, -0.25) is 10.8 Å². The van der Waals surface area contributed by atoms with E-state index < -0.39 is 15.7 Å². The Bertz CT molecular complexity index is 737. The fourth-order valence-corrected chi connectivity index (χ4v) is 2.45. The Kier molecular flexibility index (Phi) is 5.40. The molecule has 0 heterocycles. The van der Waals surface area contributed by atoms with Gasteiger partial charge in [-0.05, 0) is 24.3 Å². The van der Waals surface area contributed by atoms with Crippen LogP contribution < -0.4 is 11.2 Å². The third-order valence-corrected chi connectivity index (χ3v) is 4.09. The van der Waals surface area contributed by atoms with E-state index in [1.165, 1.54) is 24.3 Å². The van der Waals surface area contributed by atoms with E-state index in [0.717, 1.165) is 0 Å². The summed E-state index contributed by atoms with van der Waals surface area (Å²) in [5.74, 6) is -0.710. The molecule has 8 nitrogen and oxygen atoms in total. The van der Waals surface area contributed by atoms with E-state index in [-0.39, 0.29) is 22.8 Å². The van der Waals surface area contributed by atoms with Gasteiger partial charge in [0.1, 0.15) is 6.07 Å². The average Bonchev–Trinajstić information content (AvgIpc) is 2.46. The standard InChI is InChI=1S/C12H12N6O2S/c13-6-1-7-21(19,20)10-4-2-9(3-5-10)17-18-11(8-14)12(15)16/h2-5,17H,1,7H2,(H3,15,16)/b18-11+. The van der Waals surface area contributed by atoms with E-state index in [0.29, 0.717) is 5.69 Å². The van der Waals surface area contributed by atoms with Crippen LogP contribution in [-0.4, -0.2) is 25.7 Å². The molecule has 0 fully saturated rings. The summed E-state index contributed by atoms with van der Waals surface area (Å²) in [5.41, 5.74) is 7.78. The molecule has 0 aliphatic carbocycles. The van der Waals surface area contributed by atoms with Crippen molar-refractivity contribution in [2.24, 2.45) is 10.8 Å². The first-order chi connectivity index (χ1) is 9.90. The fourth-order valence-electron chi connectivity index (χ4n) is 1.30. The number of rotatable bonds is 6. The zero-order chi connectivity index (χ0) is 15.9. The molecule has 0 saturated carbocycles. The number of sulfone groups is 1. The van der Waals surface area contributed by atoms with E-state index in [2.05, 4.69) is 10.5 Å². The number of hydrazone groups is 1. The molecule has 0 aliphatic rings. The van der Waals surface area contributed by atoms with Gasteiger partial charge in [0.05, 0.1) is 22.4 Å². The maximum atomic E-state index is 11.8. The Morgan fingerprint density at radius 1 is 1.33 bits per heavy atom. The second kappa shape index (κ2) is 7.03. The van der Waals surface area contributed by atoms with E-state index in [4.69, 9.17) is 21.7 Å². The van der Waals surface area contributed by atoms with Crippen LogP contribution in [0.3, 0.4) is 0 Å². The first kappa shape index (κ1) is 16.1. The lowest BCUT2D eigenvalue weighted by molar-refractivity contribution is 0.596. The number of hydrogen-bond acceptors (Lipinski definition) is 7. The van der Waals surface area contributed by atoms with Gasteiger partial charge in [0.15, 0.2) is 15.7 Å². The van der Waals surface area contributed by atoms with Gasteiger partial charge in [0.25, 0.3) is 0 Å². The highest BCUT2D eigenvalue weighted by Crippen LogP contribution is 2.16. The van der Waals surface area contributed by atoms with Crippen molar-refractivity contribution in [2.75, 3.05) is 11.2 Å². The van der Waals surface area contributed by atoms with Gasteiger partial charge in [0.2, 0.25) is 5.71 Å². The smallest absolute Gasteiger partial charge is 0.201 e. The molecule has 21 heavy (non-hydrogen) atoms. The predicted octanol–water partition coefficient (Wildman–Crippen LogP) is 0.601. The van der Waals surface area contributed by atoms with Gasteiger partial charge in [-0.15, -0.1) is 0 Å². The van der Waals surface area contributed by atoms with Crippen LogP contribution in [0, 0.1) is 28.1 Å². The molecule has 4 N–H and O–H groups in total. The Hall–Kier alpha value is -2.91. The molecule has 0 amide bonds. The van der Waals surface area contributed by atoms with Crippen molar-refractivity contribution in [3.05, 3.63) is 24.3 Å². The van der Waals surface area contributed by atoms with Crippen molar-refractivity contribution in [1.29, 1.82) is 15.9 Å². The second-order valence-corrected chi connectivity index (χ2v) is 5.96. The zero-order valence-electron chi connectivity index (χ0n) is 10.9. The van der Waals surface area contributed by atoms with Crippen LogP contribution in [0.15, 0.2) is 34.3 Å². The molecule has 1 aromatic rings. The predicted molar refractivity (Wildman–Crippen MR) is 77.3 cm³/mol. The number of nitriles is 2. The van der Waals surface area contributed by atoms with Crippen LogP contribution in [0.1, 0.15) is 6.42 Å². The highest BCUT2D eigenvalue weighted by Gasteiger charge is 2.13. The summed E-state index contributed by atoms with van der Waals surface area (Å²) in [6.07, 6.45) is -0.0726. The molecular weight excluding hydrogens is 292 g/mol. The molecule has 9 heteroatoms. The lowest BCUT2D eigenvalue weighted by Crippen LogP contribution is -2.21. The van der Waals surface area contributed by atoms with Gasteiger partial charge < -0.3 is 5.73 Å². The van der Waals surface area contributed by atoms with Crippen molar-refractivity contribution >= 4 is 27.1 Å². The number of amidine groups is 1. The molecule has 0 bridgehead atoms. The Morgan fingerprint density at radius 2 is 1.95 bits per heavy atom. The van der Waals surface area contributed by atoms with Crippen molar-refractivity contribution < 1.29 is 8.42 Å². The largest absolute Gasteiger partial charge is 0.382 e. The number of anilines is 1. The molecule has 0 aromatic heterocycles. The van der Waals surface area contributed by atoms with Gasteiger partial charge in [0, 0.05) is 6.42 Å². The highest BCUT2D eigenvalue weighted by atomic mass is 32.2. The maximum Gasteiger partial charge on any atom is 0.201 e. The van der Waals surface area contributed by atoms with Crippen molar-refractivity contribution in [3.8, 4) is 12.1 Å². The average molecular weight is 304 g/mol. The minimum absolute atomic E-state index is 0.0726. The minimum atomic E-state index is -3.48. The minimum Gasteiger partial charge on any atom is -0.382 e. The summed E-state index contributed by atoms with van der Waals surface area (Å²) in [4.78, 5) is 0.0966. The van der Waals surface area contributed by atoms with Crippen molar-refractivity contribution in [3.63, 3.8) is 0 Å². The molecule has 0 aliphatic heterocycles. The second-order valence-electron chi connectivity index (χ2n) is 3.85. The first-order valence-electron chi connectivity index (χ1n) is 5.68. The Labute approximate surface area is 121 Å². The van der Waals surface area contributed by atoms with Crippen molar-refractivity contribution in [1.82, 2.24) is 0 Å². The molecule has 0 radical (unpaired) electrons. The molecule has 1 aromatic carbocycles. The summed E-state index contributed by atoms with van der Waals surface area (Å²) in [6.45, 7) is 0. The molecule has 0 spiro atoms. The number of nitrogens with one attached hydrogen (secondary N) is 2. The SMILES string of the molecule is N#CCCS(=O)(=O)c1ccc(N/N=C(\C#N)C(=N)N)cc1. The Balaban J connectivity index is 2.87. The van der Waals surface area contributed by atoms with Gasteiger partial charge >= 0.3 is 0 Å². The first-order valence-corrected chi connectivity index (χ1v) is 7.34. The molecule has 108 valence electrons. The monoisotopic (exact) mass is 304 g/mol. The van der Waals surface area contributed by atoms with Crippen LogP contribution in [-0.2, 0) is 9.84 Å². The zero-order valence-corrected chi connectivity index (χ0v) is 11.7. The molecule has 0 unspecified atom stereocenters. The van der Waals surface area contributed by atoms with E-state index in [9.17, 15) is 8.42 Å². The highest BCUT2D eigenvalue weighted by molar-refractivity contribution is 7.91. The van der Waals surface area contributed by atoms with E-state index in [1.807, 2.05) is 0 Å². The molecule has 1 rings (SSSR count). The topological polar surface area (TPSA) is 156 Å². The normalized spacial score (nSPS) is 11.2. The summed E-state index contributed by atoms with van der Waals surface area (Å²) in [6, 6.07) is 9.07. The van der Waals surface area contributed by atoms with Gasteiger partial charge in [-0.2, -0.15) is 15.6 Å². The van der Waals surface area contributed by atoms with E-state index >= 15 is 0 Å². The van der Waals surface area contributed by atoms with Gasteiger partial charge in [-0.25, -0.2) is 8.42 Å².